The molecule has 0 aliphatic rings. The number of carbonyl (C=O) groups excluding carboxylic acids is 2. The predicted molar refractivity (Wildman–Crippen MR) is 280 cm³/mol. The van der Waals surface area contributed by atoms with Crippen molar-refractivity contribution >= 4 is 17.9 Å². The molecule has 8 nitrogen and oxygen atoms in total. The van der Waals surface area contributed by atoms with Gasteiger partial charge in [0.25, 0.3) is 0 Å². The van der Waals surface area contributed by atoms with Crippen LogP contribution in [0.3, 0.4) is 0 Å². The lowest BCUT2D eigenvalue weighted by molar-refractivity contribution is -0.887. The first kappa shape index (κ1) is 63.0. The van der Waals surface area contributed by atoms with Crippen molar-refractivity contribution in [1.82, 2.24) is 0 Å². The Kier molecular flexibility index (Phi) is 46.3. The Morgan fingerprint density at radius 2 is 0.848 bits per heavy atom. The number of carboxylic acid groups (broad SMARTS) is 1. The highest BCUT2D eigenvalue weighted by molar-refractivity contribution is 5.72. The molecule has 0 aromatic carbocycles. The molecule has 0 radical (unpaired) electrons. The average Bonchev–Trinajstić information content (AvgIpc) is 3.28. The number of rotatable bonds is 49. The molecule has 0 saturated heterocycles. The second-order valence-corrected chi connectivity index (χ2v) is 19.5. The minimum Gasteiger partial charge on any atom is -0.477 e. The lowest BCUT2D eigenvalue weighted by Crippen LogP contribution is -2.50. The number of ether oxygens (including phenoxy) is 3. The standard InChI is InChI=1S/C58H103NO7/c1-6-8-10-12-14-16-18-20-22-24-26-28-29-31-32-34-36-38-40-42-44-46-48-56(60)65-53-54(52-64-51-50-55(58(62)63)59(3,4)5)66-57(61)49-47-45-43-41-39-37-35-33-30-27-25-23-21-19-17-15-13-11-9-7-2/h9,11,15,17,21,23,27,29-31,54-55H,6-8,10,12-14,16,18-20,22,24-26,28,32-53H2,1-5H3/p+1/b11-9+,17-15+,23-21+,30-27+,31-29+. The number of carbonyl (C=O) groups is 3. The zero-order valence-electron chi connectivity index (χ0n) is 43.6. The van der Waals surface area contributed by atoms with Gasteiger partial charge < -0.3 is 23.8 Å². The fourth-order valence-corrected chi connectivity index (χ4v) is 7.96. The molecule has 0 aliphatic heterocycles. The first-order chi connectivity index (χ1) is 32.1. The van der Waals surface area contributed by atoms with Crippen LogP contribution in [-0.4, -0.2) is 80.6 Å². The molecular weight excluding hydrogens is 823 g/mol. The molecule has 2 unspecified atom stereocenters. The van der Waals surface area contributed by atoms with E-state index in [0.29, 0.717) is 19.3 Å². The van der Waals surface area contributed by atoms with Gasteiger partial charge in [0.2, 0.25) is 0 Å². The highest BCUT2D eigenvalue weighted by Gasteiger charge is 2.31. The monoisotopic (exact) mass is 927 g/mol. The van der Waals surface area contributed by atoms with E-state index in [0.717, 1.165) is 77.0 Å². The van der Waals surface area contributed by atoms with Crippen molar-refractivity contribution < 1.29 is 38.2 Å². The molecule has 0 saturated carbocycles. The van der Waals surface area contributed by atoms with Gasteiger partial charge in [0.1, 0.15) is 6.61 Å². The Morgan fingerprint density at radius 1 is 0.470 bits per heavy atom. The summed E-state index contributed by atoms with van der Waals surface area (Å²) < 4.78 is 17.4. The van der Waals surface area contributed by atoms with E-state index >= 15 is 0 Å². The SMILES string of the molecule is CC/C=C/C/C=C/C/C=C/C/C=C/CCCCCCCCCC(=O)OC(COCCC(C(=O)O)[N+](C)(C)C)COC(=O)CCCCCCCCC/C=C/CCCCCCCCCCCCC. The summed E-state index contributed by atoms with van der Waals surface area (Å²) in [5.74, 6) is -1.48. The molecule has 0 heterocycles. The van der Waals surface area contributed by atoms with Gasteiger partial charge in [-0.25, -0.2) is 4.79 Å². The molecule has 0 spiro atoms. The number of hydrogen-bond acceptors (Lipinski definition) is 6. The summed E-state index contributed by atoms with van der Waals surface area (Å²) in [5.41, 5.74) is 0. The number of nitrogens with zero attached hydrogens (tertiary/aromatic N) is 1. The molecule has 0 aromatic heterocycles. The quantitative estimate of drug-likeness (QED) is 0.0281. The maximum Gasteiger partial charge on any atom is 0.362 e. The topological polar surface area (TPSA) is 99.1 Å². The van der Waals surface area contributed by atoms with Gasteiger partial charge in [-0.15, -0.1) is 0 Å². The van der Waals surface area contributed by atoms with Crippen LogP contribution in [0.15, 0.2) is 60.8 Å². The number of unbranched alkanes of at least 4 members (excludes halogenated alkanes) is 25. The van der Waals surface area contributed by atoms with Gasteiger partial charge in [-0.2, -0.15) is 0 Å². The van der Waals surface area contributed by atoms with Crippen LogP contribution in [0.2, 0.25) is 0 Å². The fourth-order valence-electron chi connectivity index (χ4n) is 7.96. The van der Waals surface area contributed by atoms with Gasteiger partial charge in [0.05, 0.1) is 34.4 Å². The molecule has 382 valence electrons. The third-order valence-corrected chi connectivity index (χ3v) is 12.2. The van der Waals surface area contributed by atoms with E-state index in [1.807, 2.05) is 21.1 Å². The summed E-state index contributed by atoms with van der Waals surface area (Å²) in [4.78, 5) is 37.2. The van der Waals surface area contributed by atoms with Crippen molar-refractivity contribution in [3.8, 4) is 0 Å². The van der Waals surface area contributed by atoms with Crippen molar-refractivity contribution in [2.75, 3.05) is 41.0 Å². The number of likely N-dealkylation sites (N-methyl/N-ethyl adjacent to an activating group) is 1. The molecule has 0 fully saturated rings. The van der Waals surface area contributed by atoms with Crippen molar-refractivity contribution in [3.05, 3.63) is 60.8 Å². The summed E-state index contributed by atoms with van der Waals surface area (Å²) in [6.07, 6.45) is 61.3. The number of allylic oxidation sites excluding steroid dienone is 10. The number of hydrogen-bond donors (Lipinski definition) is 1. The van der Waals surface area contributed by atoms with Crippen molar-refractivity contribution in [1.29, 1.82) is 0 Å². The average molecular weight is 927 g/mol. The van der Waals surface area contributed by atoms with E-state index in [4.69, 9.17) is 14.2 Å². The van der Waals surface area contributed by atoms with Crippen LogP contribution in [0.4, 0.5) is 0 Å². The summed E-state index contributed by atoms with van der Waals surface area (Å²) >= 11 is 0. The molecule has 0 bridgehead atoms. The molecule has 1 N–H and O–H groups in total. The number of esters is 2. The summed E-state index contributed by atoms with van der Waals surface area (Å²) in [5, 5.41) is 9.67. The Morgan fingerprint density at radius 3 is 1.27 bits per heavy atom. The van der Waals surface area contributed by atoms with Crippen LogP contribution in [0.1, 0.15) is 239 Å². The molecule has 2 atom stereocenters. The highest BCUT2D eigenvalue weighted by Crippen LogP contribution is 2.15. The molecule has 0 aromatic rings. The molecule has 0 aliphatic carbocycles. The maximum atomic E-state index is 12.8. The van der Waals surface area contributed by atoms with Crippen molar-refractivity contribution in [2.24, 2.45) is 0 Å². The normalized spacial score (nSPS) is 13.3. The Balaban J connectivity index is 4.23. The van der Waals surface area contributed by atoms with Crippen molar-refractivity contribution in [3.63, 3.8) is 0 Å². The van der Waals surface area contributed by atoms with Crippen LogP contribution in [0.25, 0.3) is 0 Å². The van der Waals surface area contributed by atoms with Crippen LogP contribution >= 0.6 is 0 Å². The summed E-state index contributed by atoms with van der Waals surface area (Å²) in [7, 11) is 5.53. The van der Waals surface area contributed by atoms with Crippen LogP contribution in [-0.2, 0) is 28.6 Å². The van der Waals surface area contributed by atoms with Crippen LogP contribution in [0.5, 0.6) is 0 Å². The highest BCUT2D eigenvalue weighted by atomic mass is 16.6. The van der Waals surface area contributed by atoms with Crippen LogP contribution < -0.4 is 0 Å². The van der Waals surface area contributed by atoms with E-state index in [1.54, 1.807) is 0 Å². The first-order valence-electron chi connectivity index (χ1n) is 27.3. The minimum atomic E-state index is -0.877. The van der Waals surface area contributed by atoms with E-state index in [-0.39, 0.29) is 36.2 Å². The number of carboxylic acids is 1. The zero-order chi connectivity index (χ0) is 48.4. The molecule has 66 heavy (non-hydrogen) atoms. The Labute approximate surface area is 407 Å². The fraction of sp³-hybridized carbons (Fsp3) is 0.776. The largest absolute Gasteiger partial charge is 0.477 e. The number of quaternary nitrogens is 1. The Bertz CT molecular complexity index is 1260. The molecule has 0 rings (SSSR count). The van der Waals surface area contributed by atoms with Gasteiger partial charge in [-0.1, -0.05) is 203 Å². The first-order valence-corrected chi connectivity index (χ1v) is 27.3. The maximum absolute atomic E-state index is 12.8. The van der Waals surface area contributed by atoms with Gasteiger partial charge in [0, 0.05) is 19.3 Å². The van der Waals surface area contributed by atoms with E-state index in [9.17, 15) is 19.5 Å². The summed E-state index contributed by atoms with van der Waals surface area (Å²) in [6, 6.07) is -0.620. The zero-order valence-corrected chi connectivity index (χ0v) is 43.6. The third kappa shape index (κ3) is 46.2. The molecular formula is C58H104NO7+. The van der Waals surface area contributed by atoms with E-state index in [1.165, 1.54) is 128 Å². The van der Waals surface area contributed by atoms with E-state index < -0.39 is 18.1 Å². The van der Waals surface area contributed by atoms with E-state index in [2.05, 4.69) is 74.6 Å². The third-order valence-electron chi connectivity index (χ3n) is 12.2. The molecule has 8 heteroatoms. The molecule has 0 amide bonds. The summed E-state index contributed by atoms with van der Waals surface area (Å²) in [6.45, 7) is 4.63. The predicted octanol–water partition coefficient (Wildman–Crippen LogP) is 16.1. The van der Waals surface area contributed by atoms with Gasteiger partial charge in [0.15, 0.2) is 12.1 Å². The Hall–Kier alpha value is -2.97. The lowest BCUT2D eigenvalue weighted by Gasteiger charge is -2.31. The number of aliphatic carboxylic acids is 1. The second-order valence-electron chi connectivity index (χ2n) is 19.5. The van der Waals surface area contributed by atoms with Gasteiger partial charge in [-0.3, -0.25) is 9.59 Å². The lowest BCUT2D eigenvalue weighted by atomic mass is 10.0. The second kappa shape index (κ2) is 48.5. The minimum absolute atomic E-state index is 0.0542. The van der Waals surface area contributed by atoms with Crippen molar-refractivity contribution in [2.45, 2.75) is 251 Å². The van der Waals surface area contributed by atoms with Gasteiger partial charge >= 0.3 is 17.9 Å². The van der Waals surface area contributed by atoms with Gasteiger partial charge in [-0.05, 0) is 77.0 Å². The smallest absolute Gasteiger partial charge is 0.362 e. The van der Waals surface area contributed by atoms with Crippen LogP contribution in [0, 0.1) is 0 Å².